The van der Waals surface area contributed by atoms with Crippen LogP contribution in [0.4, 0.5) is 0 Å². The lowest BCUT2D eigenvalue weighted by Gasteiger charge is -2.37. The molecule has 2 heterocycles. The number of fused-ring (bicyclic) bond motifs is 1. The Morgan fingerprint density at radius 1 is 1.32 bits per heavy atom. The third-order valence-corrected chi connectivity index (χ3v) is 5.78. The number of carbonyl (C=O) groups excluding carboxylic acids is 1. The molecule has 126 valence electrons. The van der Waals surface area contributed by atoms with Crippen molar-refractivity contribution in [1.29, 1.82) is 5.26 Å². The number of aromatic nitrogens is 1. The number of allylic oxidation sites excluding steroid dienone is 1. The number of aliphatic hydroxyl groups excluding tert-OH is 1. The molecule has 1 saturated carbocycles. The molecule has 1 aromatic heterocycles. The molecule has 4 rings (SSSR count). The number of nitriles is 1. The average Bonchev–Trinajstić information content (AvgIpc) is 3.39. The largest absolute Gasteiger partial charge is 0.374 e. The van der Waals surface area contributed by atoms with E-state index in [1.807, 2.05) is 0 Å². The SMILES string of the molecule is C#CC(O)c1cc2c(cn1)CC(=O)C(C#N)=C2N1CCC2(CC1)CC2. The van der Waals surface area contributed by atoms with Crippen LogP contribution in [0.1, 0.15) is 48.6 Å². The van der Waals surface area contributed by atoms with Crippen molar-refractivity contribution in [2.24, 2.45) is 5.41 Å². The second-order valence-electron chi connectivity index (χ2n) is 7.26. The summed E-state index contributed by atoms with van der Waals surface area (Å²) in [5.41, 5.74) is 3.39. The van der Waals surface area contributed by atoms with E-state index in [1.54, 1.807) is 12.3 Å². The van der Waals surface area contributed by atoms with Gasteiger partial charge in [0.1, 0.15) is 11.6 Å². The van der Waals surface area contributed by atoms with Gasteiger partial charge in [0, 0.05) is 31.3 Å². The topological polar surface area (TPSA) is 77.2 Å². The zero-order valence-corrected chi connectivity index (χ0v) is 14.0. The van der Waals surface area contributed by atoms with E-state index in [0.29, 0.717) is 16.8 Å². The van der Waals surface area contributed by atoms with Crippen LogP contribution in [0.3, 0.4) is 0 Å². The molecule has 1 spiro atoms. The van der Waals surface area contributed by atoms with Gasteiger partial charge in [-0.3, -0.25) is 9.78 Å². The average molecular weight is 333 g/mol. The Morgan fingerprint density at radius 2 is 2.04 bits per heavy atom. The minimum Gasteiger partial charge on any atom is -0.374 e. The zero-order valence-electron chi connectivity index (χ0n) is 14.0. The monoisotopic (exact) mass is 333 g/mol. The van der Waals surface area contributed by atoms with E-state index in [2.05, 4.69) is 21.9 Å². The van der Waals surface area contributed by atoms with Gasteiger partial charge in [-0.05, 0) is 42.7 Å². The predicted octanol–water partition coefficient (Wildman–Crippen LogP) is 1.98. The number of aliphatic hydroxyl groups is 1. The van der Waals surface area contributed by atoms with Crippen LogP contribution < -0.4 is 0 Å². The van der Waals surface area contributed by atoms with Crippen molar-refractivity contribution in [3.05, 3.63) is 34.7 Å². The number of piperidine rings is 1. The first kappa shape index (κ1) is 15.9. The Morgan fingerprint density at radius 3 is 2.64 bits per heavy atom. The Balaban J connectivity index is 1.78. The van der Waals surface area contributed by atoms with Gasteiger partial charge in [0.15, 0.2) is 11.9 Å². The van der Waals surface area contributed by atoms with Gasteiger partial charge in [0.25, 0.3) is 0 Å². The van der Waals surface area contributed by atoms with Crippen molar-refractivity contribution in [3.63, 3.8) is 0 Å². The number of nitrogens with zero attached hydrogens (tertiary/aromatic N) is 3. The zero-order chi connectivity index (χ0) is 17.6. The third kappa shape index (κ3) is 2.62. The molecule has 2 fully saturated rings. The Bertz CT molecular complexity index is 858. The molecule has 1 N–H and O–H groups in total. The Kier molecular flexibility index (Phi) is 3.63. The molecule has 25 heavy (non-hydrogen) atoms. The minimum absolute atomic E-state index is 0.163. The second kappa shape index (κ2) is 5.72. The highest BCUT2D eigenvalue weighted by Gasteiger charge is 2.45. The summed E-state index contributed by atoms with van der Waals surface area (Å²) in [5.74, 6) is 2.10. The molecule has 2 aliphatic carbocycles. The van der Waals surface area contributed by atoms with Crippen molar-refractivity contribution in [2.45, 2.75) is 38.2 Å². The number of pyridine rings is 1. The molecule has 1 aromatic rings. The van der Waals surface area contributed by atoms with E-state index in [0.717, 1.165) is 37.1 Å². The van der Waals surface area contributed by atoms with E-state index >= 15 is 0 Å². The van der Waals surface area contributed by atoms with Gasteiger partial charge in [-0.25, -0.2) is 0 Å². The highest BCUT2D eigenvalue weighted by molar-refractivity contribution is 6.09. The van der Waals surface area contributed by atoms with Crippen LogP contribution in [0.2, 0.25) is 0 Å². The van der Waals surface area contributed by atoms with E-state index < -0.39 is 6.10 Å². The van der Waals surface area contributed by atoms with Gasteiger partial charge in [0.2, 0.25) is 0 Å². The number of hydrogen-bond acceptors (Lipinski definition) is 5. The van der Waals surface area contributed by atoms with Crippen molar-refractivity contribution in [1.82, 2.24) is 9.88 Å². The van der Waals surface area contributed by atoms with E-state index in [1.165, 1.54) is 12.8 Å². The van der Waals surface area contributed by atoms with Crippen molar-refractivity contribution >= 4 is 11.5 Å². The number of terminal acetylenes is 1. The molecular formula is C20H19N3O2. The normalized spacial score (nSPS) is 22.2. The summed E-state index contributed by atoms with van der Waals surface area (Å²) in [7, 11) is 0. The summed E-state index contributed by atoms with van der Waals surface area (Å²) < 4.78 is 0. The number of hydrogen-bond donors (Lipinski definition) is 1. The fourth-order valence-corrected chi connectivity index (χ4v) is 3.95. The minimum atomic E-state index is -1.09. The Hall–Kier alpha value is -2.63. The molecule has 0 aromatic carbocycles. The number of rotatable bonds is 2. The van der Waals surface area contributed by atoms with E-state index in [9.17, 15) is 15.2 Å². The molecule has 0 amide bonds. The second-order valence-corrected chi connectivity index (χ2v) is 7.26. The number of carbonyl (C=O) groups is 1. The Labute approximate surface area is 147 Å². The van der Waals surface area contributed by atoms with Crippen LogP contribution in [0.5, 0.6) is 0 Å². The summed E-state index contributed by atoms with van der Waals surface area (Å²) in [6.45, 7) is 1.70. The highest BCUT2D eigenvalue weighted by Crippen LogP contribution is 2.54. The lowest BCUT2D eigenvalue weighted by atomic mass is 9.86. The maximum Gasteiger partial charge on any atom is 0.179 e. The van der Waals surface area contributed by atoms with Crippen LogP contribution in [0.25, 0.3) is 5.70 Å². The quantitative estimate of drug-likeness (QED) is 0.838. The lowest BCUT2D eigenvalue weighted by molar-refractivity contribution is -0.114. The van der Waals surface area contributed by atoms with Gasteiger partial charge >= 0.3 is 0 Å². The highest BCUT2D eigenvalue weighted by atomic mass is 16.3. The van der Waals surface area contributed by atoms with Gasteiger partial charge < -0.3 is 10.0 Å². The molecule has 5 heteroatoms. The van der Waals surface area contributed by atoms with Crippen LogP contribution in [0, 0.1) is 29.1 Å². The van der Waals surface area contributed by atoms with Crippen molar-refractivity contribution in [2.75, 3.05) is 13.1 Å². The van der Waals surface area contributed by atoms with Crippen LogP contribution in [0.15, 0.2) is 17.8 Å². The van der Waals surface area contributed by atoms with Gasteiger partial charge in [-0.2, -0.15) is 5.26 Å². The summed E-state index contributed by atoms with van der Waals surface area (Å²) in [6, 6.07) is 3.84. The summed E-state index contributed by atoms with van der Waals surface area (Å²) in [6.07, 6.45) is 10.8. The van der Waals surface area contributed by atoms with Gasteiger partial charge in [0.05, 0.1) is 11.4 Å². The molecule has 5 nitrogen and oxygen atoms in total. The van der Waals surface area contributed by atoms with Gasteiger partial charge in [-0.1, -0.05) is 5.92 Å². The molecule has 1 aliphatic heterocycles. The fraction of sp³-hybridized carbons (Fsp3) is 0.450. The van der Waals surface area contributed by atoms with Crippen molar-refractivity contribution in [3.8, 4) is 18.4 Å². The predicted molar refractivity (Wildman–Crippen MR) is 91.7 cm³/mol. The van der Waals surface area contributed by atoms with Crippen LogP contribution >= 0.6 is 0 Å². The van der Waals surface area contributed by atoms with Crippen LogP contribution in [-0.4, -0.2) is 33.9 Å². The number of Topliss-reactive ketones (excluding diaryl/α,β-unsaturated/α-hetero) is 1. The van der Waals surface area contributed by atoms with Crippen molar-refractivity contribution < 1.29 is 9.90 Å². The van der Waals surface area contributed by atoms with Crippen LogP contribution in [-0.2, 0) is 11.2 Å². The summed E-state index contributed by atoms with van der Waals surface area (Å²) in [5, 5.41) is 19.5. The first-order chi connectivity index (χ1) is 12.1. The fourth-order valence-electron chi connectivity index (χ4n) is 3.95. The molecule has 1 saturated heterocycles. The molecule has 0 radical (unpaired) electrons. The standard InChI is InChI=1S/C20H19N3O2/c1-2-17(24)16-10-14-13(12-22-16)9-18(25)15(11-21)19(14)23-7-5-20(3-4-20)6-8-23/h1,10,12,17,24H,3-9H2. The lowest BCUT2D eigenvalue weighted by Crippen LogP contribution is -2.36. The number of likely N-dealkylation sites (tertiary alicyclic amines) is 1. The van der Waals surface area contributed by atoms with E-state index in [4.69, 9.17) is 6.42 Å². The summed E-state index contributed by atoms with van der Waals surface area (Å²) >= 11 is 0. The first-order valence-electron chi connectivity index (χ1n) is 8.63. The first-order valence-corrected chi connectivity index (χ1v) is 8.63. The van der Waals surface area contributed by atoms with Gasteiger partial charge in [-0.15, -0.1) is 6.42 Å². The number of ketones is 1. The maximum atomic E-state index is 12.4. The third-order valence-electron chi connectivity index (χ3n) is 5.78. The summed E-state index contributed by atoms with van der Waals surface area (Å²) in [4.78, 5) is 18.8. The van der Waals surface area contributed by atoms with E-state index in [-0.39, 0.29) is 17.8 Å². The molecule has 0 bridgehead atoms. The molecule has 1 unspecified atom stereocenters. The smallest absolute Gasteiger partial charge is 0.179 e. The molecular weight excluding hydrogens is 314 g/mol. The molecule has 3 aliphatic rings. The maximum absolute atomic E-state index is 12.4. The molecule has 1 atom stereocenters.